The normalized spacial score (nSPS) is 12.5. The lowest BCUT2D eigenvalue weighted by Crippen LogP contribution is -2.26. The Morgan fingerprint density at radius 3 is 2.00 bits per heavy atom. The van der Waals surface area contributed by atoms with Crippen molar-refractivity contribution in [1.82, 2.24) is 0 Å². The molecule has 78 valence electrons. The summed E-state index contributed by atoms with van der Waals surface area (Å²) < 4.78 is 13.9. The van der Waals surface area contributed by atoms with Crippen LogP contribution in [-0.2, 0) is 13.9 Å². The molecule has 0 saturated heterocycles. The maximum absolute atomic E-state index is 10.1. The predicted molar refractivity (Wildman–Crippen MR) is 50.1 cm³/mol. The van der Waals surface area contributed by atoms with Gasteiger partial charge in [-0.3, -0.25) is 4.79 Å². The number of primary amides is 1. The van der Waals surface area contributed by atoms with E-state index in [1.807, 2.05) is 0 Å². The third kappa shape index (κ3) is 14.4. The molecule has 0 aromatic heterocycles. The predicted octanol–water partition coefficient (Wildman–Crippen LogP) is 1.33. The van der Waals surface area contributed by atoms with Crippen LogP contribution < -0.4 is 5.73 Å². The van der Waals surface area contributed by atoms with Crippen molar-refractivity contribution in [3.8, 4) is 0 Å². The van der Waals surface area contributed by atoms with Crippen molar-refractivity contribution in [2.75, 3.05) is 0 Å². The topological polar surface area (TPSA) is 89.6 Å². The van der Waals surface area contributed by atoms with Crippen LogP contribution in [0.2, 0.25) is 0 Å². The van der Waals surface area contributed by atoms with E-state index in [4.69, 9.17) is 4.89 Å². The molecule has 5 nitrogen and oxygen atoms in total. The lowest BCUT2D eigenvalue weighted by molar-refractivity contribution is -0.124. The van der Waals surface area contributed by atoms with Crippen molar-refractivity contribution < 1.29 is 18.8 Å². The van der Waals surface area contributed by atoms with Crippen molar-refractivity contribution in [3.63, 3.8) is 0 Å². The summed E-state index contributed by atoms with van der Waals surface area (Å²) in [6.07, 6.45) is 1.64. The standard InChI is InChI=1S/C4H10.C3H6NO4P/c1-3-4-2;1-2(3(4)5)8-9(6)7/h3-4H2,1-2H3;2H,1H3,(H2-,4,5,6,7)/p+1. The smallest absolute Gasteiger partial charge is 0.367 e. The van der Waals surface area contributed by atoms with E-state index < -0.39 is 20.3 Å². The van der Waals surface area contributed by atoms with Crippen molar-refractivity contribution in [2.45, 2.75) is 39.7 Å². The first-order valence-electron chi connectivity index (χ1n) is 4.07. The highest BCUT2D eigenvalue weighted by molar-refractivity contribution is 7.32. The monoisotopic (exact) mass is 210 g/mol. The summed E-state index contributed by atoms with van der Waals surface area (Å²) in [5.74, 6) is -0.757. The second kappa shape index (κ2) is 9.58. The minimum atomic E-state index is -2.72. The SMILES string of the molecule is CC(O[P+](=O)O)C(N)=O.CCCC. The minimum Gasteiger partial charge on any atom is -0.367 e. The second-order valence-corrected chi connectivity index (χ2v) is 3.07. The minimum absolute atomic E-state index is 0.757. The van der Waals surface area contributed by atoms with Crippen molar-refractivity contribution in [3.05, 3.63) is 0 Å². The number of hydrogen-bond acceptors (Lipinski definition) is 3. The van der Waals surface area contributed by atoms with Crippen LogP contribution in [0, 0.1) is 0 Å². The van der Waals surface area contributed by atoms with Crippen LogP contribution in [0.15, 0.2) is 0 Å². The van der Waals surface area contributed by atoms with Crippen LogP contribution in [0.1, 0.15) is 33.6 Å². The van der Waals surface area contributed by atoms with E-state index in [2.05, 4.69) is 24.1 Å². The largest absolute Gasteiger partial charge is 0.695 e. The summed E-state index contributed by atoms with van der Waals surface area (Å²) in [7, 11) is -2.72. The van der Waals surface area contributed by atoms with Gasteiger partial charge < -0.3 is 5.73 Å². The lowest BCUT2D eigenvalue weighted by atomic mass is 10.4. The molecule has 0 saturated carbocycles. The van der Waals surface area contributed by atoms with Gasteiger partial charge in [-0.2, -0.15) is 0 Å². The summed E-state index contributed by atoms with van der Waals surface area (Å²) in [4.78, 5) is 18.1. The molecule has 0 aliphatic carbocycles. The number of nitrogens with two attached hydrogens (primary N) is 1. The molecular formula is C7H17NO4P+. The molecule has 0 aliphatic heterocycles. The van der Waals surface area contributed by atoms with Crippen molar-refractivity contribution in [1.29, 1.82) is 0 Å². The highest BCUT2D eigenvalue weighted by Gasteiger charge is 2.22. The molecule has 0 bridgehead atoms. The Morgan fingerprint density at radius 1 is 1.54 bits per heavy atom. The van der Waals surface area contributed by atoms with Gasteiger partial charge in [0, 0.05) is 4.57 Å². The average Bonchev–Trinajstić information content (AvgIpc) is 2.03. The van der Waals surface area contributed by atoms with E-state index >= 15 is 0 Å². The van der Waals surface area contributed by atoms with Crippen LogP contribution in [0.5, 0.6) is 0 Å². The molecule has 0 spiro atoms. The first-order chi connectivity index (χ1) is 5.95. The second-order valence-electron chi connectivity index (χ2n) is 2.39. The van der Waals surface area contributed by atoms with Gasteiger partial charge in [0.2, 0.25) is 0 Å². The third-order valence-electron chi connectivity index (χ3n) is 1.15. The number of unbranched alkanes of at least 4 members (excludes halogenated alkanes) is 1. The summed E-state index contributed by atoms with van der Waals surface area (Å²) in [6.45, 7) is 5.66. The van der Waals surface area contributed by atoms with Crippen LogP contribution in [0.4, 0.5) is 0 Å². The van der Waals surface area contributed by atoms with Crippen LogP contribution in [0.25, 0.3) is 0 Å². The zero-order valence-corrected chi connectivity index (χ0v) is 9.08. The van der Waals surface area contributed by atoms with Gasteiger partial charge in [0.25, 0.3) is 5.91 Å². The molecule has 0 fully saturated rings. The molecule has 2 atom stereocenters. The number of amides is 1. The van der Waals surface area contributed by atoms with Crippen molar-refractivity contribution >= 4 is 14.2 Å². The van der Waals surface area contributed by atoms with Gasteiger partial charge in [0.1, 0.15) is 0 Å². The summed E-state index contributed by atoms with van der Waals surface area (Å²) >= 11 is 0. The fourth-order valence-corrected chi connectivity index (χ4v) is 0.562. The Labute approximate surface area is 79.2 Å². The molecule has 1 amide bonds. The van der Waals surface area contributed by atoms with Crippen LogP contribution in [-0.4, -0.2) is 16.9 Å². The molecule has 3 N–H and O–H groups in total. The summed E-state index contributed by atoms with van der Waals surface area (Å²) in [5, 5.41) is 0. The zero-order valence-electron chi connectivity index (χ0n) is 8.19. The average molecular weight is 210 g/mol. The molecule has 6 heteroatoms. The van der Waals surface area contributed by atoms with Gasteiger partial charge in [0.15, 0.2) is 6.10 Å². The number of carbonyl (C=O) groups excluding carboxylic acids is 1. The highest BCUT2D eigenvalue weighted by atomic mass is 31.1. The molecule has 13 heavy (non-hydrogen) atoms. The maximum Gasteiger partial charge on any atom is 0.695 e. The van der Waals surface area contributed by atoms with E-state index in [1.165, 1.54) is 19.8 Å². The van der Waals surface area contributed by atoms with Gasteiger partial charge in [-0.25, -0.2) is 0 Å². The maximum atomic E-state index is 10.1. The van der Waals surface area contributed by atoms with E-state index in [-0.39, 0.29) is 0 Å². The van der Waals surface area contributed by atoms with Gasteiger partial charge in [-0.15, -0.1) is 9.42 Å². The third-order valence-corrected chi connectivity index (χ3v) is 1.65. The Hall–Kier alpha value is -0.510. The molecule has 0 aromatic rings. The Balaban J connectivity index is 0. The van der Waals surface area contributed by atoms with Crippen LogP contribution in [0.3, 0.4) is 0 Å². The molecule has 0 aliphatic rings. The summed E-state index contributed by atoms with van der Waals surface area (Å²) in [6, 6.07) is 0. The van der Waals surface area contributed by atoms with Crippen LogP contribution >= 0.6 is 8.25 Å². The van der Waals surface area contributed by atoms with E-state index in [1.54, 1.807) is 0 Å². The highest BCUT2D eigenvalue weighted by Crippen LogP contribution is 2.16. The first-order valence-corrected chi connectivity index (χ1v) is 5.20. The molecular weight excluding hydrogens is 193 g/mol. The van der Waals surface area contributed by atoms with E-state index in [0.29, 0.717) is 0 Å². The molecule has 0 rings (SSSR count). The molecule has 0 radical (unpaired) electrons. The van der Waals surface area contributed by atoms with E-state index in [9.17, 15) is 9.36 Å². The molecule has 0 heterocycles. The Morgan fingerprint density at radius 2 is 1.92 bits per heavy atom. The number of hydrogen-bond donors (Lipinski definition) is 2. The van der Waals surface area contributed by atoms with Gasteiger partial charge in [0.05, 0.1) is 0 Å². The van der Waals surface area contributed by atoms with Gasteiger partial charge in [-0.05, 0) is 6.92 Å². The number of carbonyl (C=O) groups is 1. The summed E-state index contributed by atoms with van der Waals surface area (Å²) in [5.41, 5.74) is 4.68. The van der Waals surface area contributed by atoms with Gasteiger partial charge >= 0.3 is 8.25 Å². The van der Waals surface area contributed by atoms with Gasteiger partial charge in [-0.1, -0.05) is 26.7 Å². The number of rotatable bonds is 4. The fourth-order valence-electron chi connectivity index (χ4n) is 0.187. The zero-order chi connectivity index (χ0) is 10.9. The van der Waals surface area contributed by atoms with Crippen molar-refractivity contribution in [2.24, 2.45) is 5.73 Å². The quantitative estimate of drug-likeness (QED) is 0.685. The molecule has 2 unspecified atom stereocenters. The van der Waals surface area contributed by atoms with E-state index in [0.717, 1.165) is 0 Å². The Bertz CT molecular complexity index is 161. The molecule has 0 aromatic carbocycles. The lowest BCUT2D eigenvalue weighted by Gasteiger charge is -1.93. The fraction of sp³-hybridized carbons (Fsp3) is 0.857. The Kier molecular flexibility index (Phi) is 11.0. The first kappa shape index (κ1) is 15.0.